The molecule has 0 aliphatic carbocycles. The molecule has 0 atom stereocenters. The molecule has 3 rings (SSSR count). The van der Waals surface area contributed by atoms with Crippen molar-refractivity contribution >= 4 is 27.5 Å². The Balaban J connectivity index is 2.27. The summed E-state index contributed by atoms with van der Waals surface area (Å²) in [6.45, 7) is 4.38. The molecule has 0 aliphatic heterocycles. The highest BCUT2D eigenvalue weighted by Gasteiger charge is 2.18. The third-order valence-corrected chi connectivity index (χ3v) is 5.11. The predicted molar refractivity (Wildman–Crippen MR) is 93.0 cm³/mol. The Hall–Kier alpha value is -2.54. The highest BCUT2D eigenvalue weighted by molar-refractivity contribution is 7.16. The average molecular weight is 362 g/mol. The van der Waals surface area contributed by atoms with Gasteiger partial charge in [-0.1, -0.05) is 23.5 Å². The van der Waals surface area contributed by atoms with Crippen LogP contribution in [0, 0.1) is 18.6 Å². The standard InChI is InChI=1S/C18H16F2N2O2S/c1-4-22-15-13(24-3)9-8-10(2)16(15)25-18(22)21-17(23)14-11(19)6-5-7-12(14)20/h5-9H,4H2,1-3H3. The van der Waals surface area contributed by atoms with Crippen LogP contribution in [0.5, 0.6) is 5.75 Å². The third-order valence-electron chi connectivity index (χ3n) is 3.90. The molecule has 4 nitrogen and oxygen atoms in total. The number of hydrogen-bond acceptors (Lipinski definition) is 3. The topological polar surface area (TPSA) is 43.6 Å². The molecule has 1 aromatic heterocycles. The summed E-state index contributed by atoms with van der Waals surface area (Å²) in [5.74, 6) is -2.14. The van der Waals surface area contributed by atoms with Gasteiger partial charge in [-0.3, -0.25) is 4.79 Å². The molecule has 0 radical (unpaired) electrons. The van der Waals surface area contributed by atoms with Gasteiger partial charge in [-0.15, -0.1) is 0 Å². The smallest absolute Gasteiger partial charge is 0.285 e. The maximum atomic E-state index is 13.8. The number of thiazole rings is 1. The van der Waals surface area contributed by atoms with Crippen LogP contribution in [-0.2, 0) is 6.54 Å². The van der Waals surface area contributed by atoms with Crippen LogP contribution in [0.25, 0.3) is 10.2 Å². The summed E-state index contributed by atoms with van der Waals surface area (Å²) >= 11 is 1.29. The Morgan fingerprint density at radius 1 is 1.24 bits per heavy atom. The lowest BCUT2D eigenvalue weighted by atomic mass is 10.2. The molecule has 25 heavy (non-hydrogen) atoms. The number of rotatable bonds is 3. The summed E-state index contributed by atoms with van der Waals surface area (Å²) in [6.07, 6.45) is 0. The summed E-state index contributed by atoms with van der Waals surface area (Å²) < 4.78 is 35.8. The monoisotopic (exact) mass is 362 g/mol. The third kappa shape index (κ3) is 2.95. The van der Waals surface area contributed by atoms with Crippen LogP contribution in [0.4, 0.5) is 8.78 Å². The molecule has 7 heteroatoms. The molecule has 0 bridgehead atoms. The van der Waals surface area contributed by atoms with Gasteiger partial charge in [0.2, 0.25) is 0 Å². The van der Waals surface area contributed by atoms with Crippen LogP contribution in [0.2, 0.25) is 0 Å². The van der Waals surface area contributed by atoms with E-state index in [0.717, 1.165) is 27.9 Å². The van der Waals surface area contributed by atoms with Crippen molar-refractivity contribution in [3.63, 3.8) is 0 Å². The van der Waals surface area contributed by atoms with Crippen molar-refractivity contribution in [2.75, 3.05) is 7.11 Å². The maximum Gasteiger partial charge on any atom is 0.285 e. The quantitative estimate of drug-likeness (QED) is 0.705. The van der Waals surface area contributed by atoms with E-state index >= 15 is 0 Å². The van der Waals surface area contributed by atoms with Gasteiger partial charge in [0.05, 0.1) is 11.8 Å². The largest absolute Gasteiger partial charge is 0.495 e. The molecule has 0 unspecified atom stereocenters. The van der Waals surface area contributed by atoms with Crippen molar-refractivity contribution in [3.8, 4) is 5.75 Å². The summed E-state index contributed by atoms with van der Waals surface area (Å²) in [6, 6.07) is 7.05. The van der Waals surface area contributed by atoms with Crippen molar-refractivity contribution in [3.05, 3.63) is 57.9 Å². The Labute approximate surface area is 147 Å². The molecule has 0 N–H and O–H groups in total. The van der Waals surface area contributed by atoms with E-state index in [4.69, 9.17) is 4.74 Å². The maximum absolute atomic E-state index is 13.8. The number of halogens is 2. The molecule has 0 saturated heterocycles. The zero-order valence-corrected chi connectivity index (χ0v) is 14.8. The SMILES string of the molecule is CCn1c(=NC(=O)c2c(F)cccc2F)sc2c(C)ccc(OC)c21. The normalized spacial score (nSPS) is 12.0. The van der Waals surface area contributed by atoms with Crippen molar-refractivity contribution in [2.45, 2.75) is 20.4 Å². The Morgan fingerprint density at radius 3 is 2.52 bits per heavy atom. The van der Waals surface area contributed by atoms with Crippen molar-refractivity contribution in [2.24, 2.45) is 4.99 Å². The minimum atomic E-state index is -0.944. The Morgan fingerprint density at radius 2 is 1.92 bits per heavy atom. The fourth-order valence-corrected chi connectivity index (χ4v) is 3.84. The molecule has 1 heterocycles. The van der Waals surface area contributed by atoms with Crippen LogP contribution < -0.4 is 9.54 Å². The second kappa shape index (κ2) is 6.76. The number of amides is 1. The van der Waals surface area contributed by atoms with Crippen molar-refractivity contribution < 1.29 is 18.3 Å². The lowest BCUT2D eigenvalue weighted by Gasteiger charge is -2.07. The number of carbonyl (C=O) groups is 1. The van der Waals surface area contributed by atoms with Crippen LogP contribution >= 0.6 is 11.3 Å². The second-order valence-electron chi connectivity index (χ2n) is 5.40. The molecule has 2 aromatic carbocycles. The molecule has 3 aromatic rings. The number of benzene rings is 2. The zero-order valence-electron chi connectivity index (χ0n) is 14.0. The number of hydrogen-bond donors (Lipinski definition) is 0. The van der Waals surface area contributed by atoms with Crippen molar-refractivity contribution in [1.29, 1.82) is 0 Å². The van der Waals surface area contributed by atoms with Gasteiger partial charge in [0.1, 0.15) is 28.5 Å². The first-order valence-corrected chi connectivity index (χ1v) is 8.49. The zero-order chi connectivity index (χ0) is 18.1. The van der Waals surface area contributed by atoms with Gasteiger partial charge in [-0.2, -0.15) is 4.99 Å². The van der Waals surface area contributed by atoms with E-state index in [1.54, 1.807) is 7.11 Å². The number of aryl methyl sites for hydroxylation is 2. The lowest BCUT2D eigenvalue weighted by Crippen LogP contribution is -2.17. The van der Waals surface area contributed by atoms with E-state index < -0.39 is 23.1 Å². The first-order valence-electron chi connectivity index (χ1n) is 7.68. The summed E-state index contributed by atoms with van der Waals surface area (Å²) in [7, 11) is 1.57. The lowest BCUT2D eigenvalue weighted by molar-refractivity contribution is 0.0990. The molecule has 130 valence electrons. The fourth-order valence-electron chi connectivity index (χ4n) is 2.67. The van der Waals surface area contributed by atoms with Gasteiger partial charge in [0.15, 0.2) is 4.80 Å². The number of aromatic nitrogens is 1. The van der Waals surface area contributed by atoms with Crippen LogP contribution in [0.1, 0.15) is 22.8 Å². The van der Waals surface area contributed by atoms with E-state index in [2.05, 4.69) is 4.99 Å². The van der Waals surface area contributed by atoms with Crippen LogP contribution in [0.3, 0.4) is 0 Å². The van der Waals surface area contributed by atoms with E-state index in [1.165, 1.54) is 17.4 Å². The van der Waals surface area contributed by atoms with E-state index in [9.17, 15) is 13.6 Å². The Bertz CT molecular complexity index is 1020. The van der Waals surface area contributed by atoms with Crippen LogP contribution in [-0.4, -0.2) is 17.6 Å². The highest BCUT2D eigenvalue weighted by atomic mass is 32.1. The number of carbonyl (C=O) groups excluding carboxylic acids is 1. The van der Waals surface area contributed by atoms with Gasteiger partial charge in [0, 0.05) is 6.54 Å². The van der Waals surface area contributed by atoms with Crippen LogP contribution in [0.15, 0.2) is 35.3 Å². The van der Waals surface area contributed by atoms with Gasteiger partial charge in [-0.25, -0.2) is 8.78 Å². The summed E-state index contributed by atoms with van der Waals surface area (Å²) in [4.78, 5) is 16.7. The molecule has 0 aliphatic rings. The molecule has 0 saturated carbocycles. The van der Waals surface area contributed by atoms with Crippen molar-refractivity contribution in [1.82, 2.24) is 4.57 Å². The number of nitrogens with zero attached hydrogens (tertiary/aromatic N) is 2. The number of fused-ring (bicyclic) bond motifs is 1. The first kappa shape index (κ1) is 17.3. The second-order valence-corrected chi connectivity index (χ2v) is 6.38. The van der Waals surface area contributed by atoms with E-state index in [1.807, 2.05) is 30.5 Å². The van der Waals surface area contributed by atoms with Gasteiger partial charge >= 0.3 is 0 Å². The molecule has 0 spiro atoms. The van der Waals surface area contributed by atoms with E-state index in [-0.39, 0.29) is 0 Å². The average Bonchev–Trinajstić information content (AvgIpc) is 2.94. The summed E-state index contributed by atoms with van der Waals surface area (Å²) in [5, 5.41) is 0. The predicted octanol–water partition coefficient (Wildman–Crippen LogP) is 4.06. The van der Waals surface area contributed by atoms with Gasteiger partial charge < -0.3 is 9.30 Å². The molecular weight excluding hydrogens is 346 g/mol. The minimum absolute atomic E-state index is 0.373. The van der Waals surface area contributed by atoms with Gasteiger partial charge in [-0.05, 0) is 37.6 Å². The molecule has 0 fully saturated rings. The van der Waals surface area contributed by atoms with E-state index in [0.29, 0.717) is 17.1 Å². The fraction of sp³-hybridized carbons (Fsp3) is 0.222. The molecule has 1 amide bonds. The highest BCUT2D eigenvalue weighted by Crippen LogP contribution is 2.30. The first-order chi connectivity index (χ1) is 12.0. The minimum Gasteiger partial charge on any atom is -0.495 e. The number of methoxy groups -OCH3 is 1. The Kier molecular flexibility index (Phi) is 4.67. The number of ether oxygens (including phenoxy) is 1. The summed E-state index contributed by atoms with van der Waals surface area (Å²) in [5.41, 5.74) is 1.18. The van der Waals surface area contributed by atoms with Gasteiger partial charge in [0.25, 0.3) is 5.91 Å². The molecular formula is C18H16F2N2O2S.